The molecule has 0 aliphatic carbocycles. The van der Waals surface area contributed by atoms with Crippen LogP contribution < -0.4 is 0 Å². The zero-order valence-electron chi connectivity index (χ0n) is 19.8. The van der Waals surface area contributed by atoms with Crippen LogP contribution in [0.25, 0.3) is 0 Å². The van der Waals surface area contributed by atoms with E-state index in [0.29, 0.717) is 13.0 Å². The topological polar surface area (TPSA) is 100 Å². The van der Waals surface area contributed by atoms with Gasteiger partial charge in [0.2, 0.25) is 0 Å². The van der Waals surface area contributed by atoms with Crippen molar-refractivity contribution in [1.29, 1.82) is 0 Å². The summed E-state index contributed by atoms with van der Waals surface area (Å²) >= 11 is 5.39. The molecule has 0 aromatic carbocycles. The van der Waals surface area contributed by atoms with Crippen LogP contribution in [0.3, 0.4) is 0 Å². The van der Waals surface area contributed by atoms with Crippen LogP contribution in [0.15, 0.2) is 0 Å². The molecule has 5 rings (SSSR count). The molecule has 10 nitrogen and oxygen atoms in total. The highest BCUT2D eigenvalue weighted by atomic mass is 35.5. The zero-order chi connectivity index (χ0) is 23.8. The Morgan fingerprint density at radius 1 is 0.818 bits per heavy atom. The van der Waals surface area contributed by atoms with Crippen LogP contribution >= 0.6 is 11.6 Å². The Morgan fingerprint density at radius 3 is 2.15 bits per heavy atom. The molecule has 5 saturated heterocycles. The molecule has 0 radical (unpaired) electrons. The van der Waals surface area contributed by atoms with Crippen LogP contribution in [0, 0.1) is 5.92 Å². The summed E-state index contributed by atoms with van der Waals surface area (Å²) in [6, 6.07) is 0. The summed E-state index contributed by atoms with van der Waals surface area (Å²) in [4.78, 5) is 11.2. The summed E-state index contributed by atoms with van der Waals surface area (Å²) in [5.41, 5.74) is -0.885. The van der Waals surface area contributed by atoms with E-state index < -0.39 is 35.2 Å². The van der Waals surface area contributed by atoms with E-state index in [1.165, 1.54) is 0 Å². The van der Waals surface area contributed by atoms with Crippen LogP contribution in [0.4, 0.5) is 4.79 Å². The van der Waals surface area contributed by atoms with E-state index in [1.54, 1.807) is 0 Å². The summed E-state index contributed by atoms with van der Waals surface area (Å²) < 4.78 is 54.0. The van der Waals surface area contributed by atoms with E-state index in [-0.39, 0.29) is 49.1 Å². The van der Waals surface area contributed by atoms with Gasteiger partial charge in [-0.3, -0.25) is 0 Å². The molecule has 9 atom stereocenters. The molecule has 5 aliphatic rings. The van der Waals surface area contributed by atoms with Crippen molar-refractivity contribution in [2.45, 2.75) is 114 Å². The molecule has 188 valence electrons. The normalized spacial score (nSPS) is 46.9. The minimum absolute atomic E-state index is 0.00594. The van der Waals surface area contributed by atoms with Gasteiger partial charge in [-0.05, 0) is 48.0 Å². The van der Waals surface area contributed by atoms with E-state index in [0.717, 1.165) is 0 Å². The van der Waals surface area contributed by atoms with Gasteiger partial charge in [0.15, 0.2) is 23.7 Å². The Morgan fingerprint density at radius 2 is 1.48 bits per heavy atom. The maximum absolute atomic E-state index is 11.2. The lowest BCUT2D eigenvalue weighted by Gasteiger charge is -2.30. The van der Waals surface area contributed by atoms with E-state index in [2.05, 4.69) is 0 Å². The van der Waals surface area contributed by atoms with Crippen molar-refractivity contribution in [3.05, 3.63) is 0 Å². The van der Waals surface area contributed by atoms with Gasteiger partial charge >= 0.3 is 5.43 Å². The van der Waals surface area contributed by atoms with Crippen molar-refractivity contribution >= 4 is 17.0 Å². The second-order valence-corrected chi connectivity index (χ2v) is 11.0. The highest BCUT2D eigenvalue weighted by Crippen LogP contribution is 2.48. The number of fused-ring (bicyclic) bond motifs is 2. The van der Waals surface area contributed by atoms with E-state index >= 15 is 0 Å². The Labute approximate surface area is 198 Å². The lowest BCUT2D eigenvalue weighted by atomic mass is 9.89. The average molecular weight is 493 g/mol. The van der Waals surface area contributed by atoms with Gasteiger partial charge < -0.3 is 42.6 Å². The van der Waals surface area contributed by atoms with Gasteiger partial charge in [0.05, 0.1) is 12.7 Å². The number of halogens is 1. The smallest absolute Gasteiger partial charge is 0.403 e. The Bertz CT molecular complexity index is 772. The second kappa shape index (κ2) is 8.25. The molecule has 0 spiro atoms. The number of carbonyl (C=O) groups is 1. The fraction of sp³-hybridized carbons (Fsp3) is 0.955. The largest absolute Gasteiger partial charge is 0.451 e. The minimum Gasteiger partial charge on any atom is -0.451 e. The Kier molecular flexibility index (Phi) is 6.03. The molecule has 5 fully saturated rings. The van der Waals surface area contributed by atoms with Crippen molar-refractivity contribution in [3.8, 4) is 0 Å². The quantitative estimate of drug-likeness (QED) is 0.532. The van der Waals surface area contributed by atoms with Crippen molar-refractivity contribution in [2.75, 3.05) is 13.2 Å². The number of ether oxygens (including phenoxy) is 9. The van der Waals surface area contributed by atoms with Gasteiger partial charge in [-0.1, -0.05) is 0 Å². The number of hydrogen-bond donors (Lipinski definition) is 0. The predicted octanol–water partition coefficient (Wildman–Crippen LogP) is 2.68. The summed E-state index contributed by atoms with van der Waals surface area (Å²) in [6.45, 7) is 11.6. The molecular weight excluding hydrogens is 460 g/mol. The van der Waals surface area contributed by atoms with Crippen molar-refractivity contribution in [2.24, 2.45) is 5.92 Å². The first-order chi connectivity index (χ1) is 15.3. The molecule has 4 unspecified atom stereocenters. The Hall–Kier alpha value is -0.560. The highest BCUT2D eigenvalue weighted by Gasteiger charge is 2.61. The van der Waals surface area contributed by atoms with Gasteiger partial charge in [0.1, 0.15) is 43.2 Å². The van der Waals surface area contributed by atoms with E-state index in [1.807, 2.05) is 41.5 Å². The SMILES string of the molecule is CC1(C)OCC([C@H]2OC(CC3[C@H]4OC(C)(C)OC4O[C@@H]3COC(=O)Cl)[C@H]3OC(C)(C)O[C@@H]23)O1. The van der Waals surface area contributed by atoms with E-state index in [9.17, 15) is 4.79 Å². The van der Waals surface area contributed by atoms with Gasteiger partial charge in [-0.25, -0.2) is 4.79 Å². The molecule has 33 heavy (non-hydrogen) atoms. The standard InChI is InChI=1S/C22H33ClO10/c1-20(2)26-9-13(29-20)15-17-16(31-21(3,4)32-17)11(27-15)7-10-12(8-25-19(23)24)28-18-14(10)30-22(5,6)33-18/h10-18H,7-9H2,1-6H3/t10?,11?,12-,13?,14-,15-,16-,17+,18?/m1/s1. The predicted molar refractivity (Wildman–Crippen MR) is 111 cm³/mol. The van der Waals surface area contributed by atoms with Crippen molar-refractivity contribution in [3.63, 3.8) is 0 Å². The maximum Gasteiger partial charge on any atom is 0.403 e. The van der Waals surface area contributed by atoms with Gasteiger partial charge in [-0.2, -0.15) is 0 Å². The molecule has 11 heteroatoms. The van der Waals surface area contributed by atoms with Gasteiger partial charge in [-0.15, -0.1) is 0 Å². The first-order valence-corrected chi connectivity index (χ1v) is 11.9. The molecule has 5 heterocycles. The van der Waals surface area contributed by atoms with Crippen LogP contribution in [-0.4, -0.2) is 85.0 Å². The van der Waals surface area contributed by atoms with Crippen molar-refractivity contribution in [1.82, 2.24) is 0 Å². The lowest BCUT2D eigenvalue weighted by Crippen LogP contribution is -2.40. The number of hydrogen-bond acceptors (Lipinski definition) is 10. The van der Waals surface area contributed by atoms with Crippen LogP contribution in [0.1, 0.15) is 48.0 Å². The summed E-state index contributed by atoms with van der Waals surface area (Å²) in [6.07, 6.45) is -2.40. The molecule has 0 N–H and O–H groups in total. The zero-order valence-corrected chi connectivity index (χ0v) is 20.5. The minimum atomic E-state index is -0.885. The molecule has 0 aromatic heterocycles. The maximum atomic E-state index is 11.2. The number of carbonyl (C=O) groups excluding carboxylic acids is 1. The van der Waals surface area contributed by atoms with Crippen LogP contribution in [0.5, 0.6) is 0 Å². The fourth-order valence-electron chi connectivity index (χ4n) is 5.58. The average Bonchev–Trinajstić information content (AvgIpc) is 3.42. The first kappa shape index (κ1) is 24.1. The third kappa shape index (κ3) is 4.79. The second-order valence-electron chi connectivity index (χ2n) is 10.7. The molecule has 0 bridgehead atoms. The Balaban J connectivity index is 1.35. The third-order valence-corrected chi connectivity index (χ3v) is 6.85. The molecule has 0 amide bonds. The fourth-order valence-corrected chi connectivity index (χ4v) is 5.65. The van der Waals surface area contributed by atoms with Crippen molar-refractivity contribution < 1.29 is 47.4 Å². The molecule has 0 aromatic rings. The first-order valence-electron chi connectivity index (χ1n) is 11.5. The van der Waals surface area contributed by atoms with Gasteiger partial charge in [0, 0.05) is 17.5 Å². The number of rotatable bonds is 5. The molecular formula is C22H33ClO10. The molecule has 5 aliphatic heterocycles. The summed E-state index contributed by atoms with van der Waals surface area (Å²) in [7, 11) is 0. The summed E-state index contributed by atoms with van der Waals surface area (Å²) in [5, 5.41) is 0. The van der Waals surface area contributed by atoms with Gasteiger partial charge in [0.25, 0.3) is 0 Å². The van der Waals surface area contributed by atoms with Crippen LogP contribution in [0.2, 0.25) is 0 Å². The monoisotopic (exact) mass is 492 g/mol. The van der Waals surface area contributed by atoms with E-state index in [4.69, 9.17) is 54.2 Å². The summed E-state index contributed by atoms with van der Waals surface area (Å²) in [5.74, 6) is -2.39. The molecule has 0 saturated carbocycles. The van der Waals surface area contributed by atoms with Crippen LogP contribution in [-0.2, 0) is 42.6 Å². The third-order valence-electron chi connectivity index (χ3n) is 6.74. The highest BCUT2D eigenvalue weighted by molar-refractivity contribution is 6.61. The lowest BCUT2D eigenvalue weighted by molar-refractivity contribution is -0.219.